The van der Waals surface area contributed by atoms with Crippen molar-refractivity contribution in [3.8, 4) is 11.6 Å². The Bertz CT molecular complexity index is 1200. The number of hydrogen-bond donors (Lipinski definition) is 0. The largest absolute Gasteiger partial charge is 0.417 e. The molecule has 0 N–H and O–H groups in total. The van der Waals surface area contributed by atoms with E-state index in [4.69, 9.17) is 4.42 Å². The normalized spacial score (nSPS) is 16.7. The molecule has 0 bridgehead atoms. The summed E-state index contributed by atoms with van der Waals surface area (Å²) in [4.78, 5) is 28.3. The number of pyridine rings is 1. The van der Waals surface area contributed by atoms with Gasteiger partial charge in [-0.25, -0.2) is 4.98 Å². The van der Waals surface area contributed by atoms with E-state index in [1.165, 1.54) is 0 Å². The number of fused-ring (bicyclic) bond motifs is 1. The summed E-state index contributed by atoms with van der Waals surface area (Å²) in [7, 11) is 0. The van der Waals surface area contributed by atoms with Crippen LogP contribution in [0.5, 0.6) is 0 Å². The van der Waals surface area contributed by atoms with Gasteiger partial charge in [0.25, 0.3) is 11.8 Å². The Morgan fingerprint density at radius 2 is 1.97 bits per heavy atom. The van der Waals surface area contributed by atoms with Crippen molar-refractivity contribution in [1.29, 1.82) is 0 Å². The van der Waals surface area contributed by atoms with E-state index in [2.05, 4.69) is 25.1 Å². The lowest BCUT2D eigenvalue weighted by Crippen LogP contribution is -2.38. The van der Waals surface area contributed by atoms with E-state index in [0.717, 1.165) is 30.3 Å². The van der Waals surface area contributed by atoms with Gasteiger partial charge in [0.05, 0.1) is 23.0 Å². The van der Waals surface area contributed by atoms with E-state index in [1.54, 1.807) is 18.6 Å². The second-order valence-corrected chi connectivity index (χ2v) is 7.38. The molecule has 1 amide bonds. The van der Waals surface area contributed by atoms with Gasteiger partial charge >= 0.3 is 0 Å². The fraction of sp³-hybridized carbons (Fsp3) is 0.273. The third kappa shape index (κ3) is 3.30. The van der Waals surface area contributed by atoms with Crippen LogP contribution in [0.25, 0.3) is 22.5 Å². The summed E-state index contributed by atoms with van der Waals surface area (Å²) in [5.74, 6) is 0.662. The summed E-state index contributed by atoms with van der Waals surface area (Å²) >= 11 is 0. The molecule has 0 radical (unpaired) electrons. The highest BCUT2D eigenvalue weighted by Crippen LogP contribution is 2.33. The first kappa shape index (κ1) is 18.4. The number of aryl methyl sites for hydroxylation is 1. The second-order valence-electron chi connectivity index (χ2n) is 7.38. The van der Waals surface area contributed by atoms with E-state index in [-0.39, 0.29) is 11.9 Å². The van der Waals surface area contributed by atoms with Crippen molar-refractivity contribution in [3.05, 3.63) is 66.1 Å². The lowest BCUT2D eigenvalue weighted by Gasteiger charge is -2.33. The number of benzene rings is 1. The smallest absolute Gasteiger partial charge is 0.267 e. The highest BCUT2D eigenvalue weighted by atomic mass is 16.4. The third-order valence-electron chi connectivity index (χ3n) is 5.35. The molecule has 1 aliphatic rings. The number of nitrogens with zero attached hydrogens (tertiary/aromatic N) is 6. The number of carbonyl (C=O) groups excluding carboxylic acids is 1. The van der Waals surface area contributed by atoms with E-state index >= 15 is 0 Å². The van der Waals surface area contributed by atoms with Crippen LogP contribution in [0.4, 0.5) is 0 Å². The average Bonchev–Trinajstić information content (AvgIpc) is 3.29. The summed E-state index contributed by atoms with van der Waals surface area (Å²) in [6.45, 7) is 2.50. The molecule has 4 aromatic rings. The molecule has 1 atom stereocenters. The first-order chi connectivity index (χ1) is 14.7. The first-order valence-electron chi connectivity index (χ1n) is 9.98. The number of piperidine rings is 1. The monoisotopic (exact) mass is 400 g/mol. The Morgan fingerprint density at radius 1 is 1.07 bits per heavy atom. The average molecular weight is 400 g/mol. The molecular weight excluding hydrogens is 380 g/mol. The molecule has 8 heteroatoms. The lowest BCUT2D eigenvalue weighted by atomic mass is 10.00. The minimum absolute atomic E-state index is 0.0705. The third-order valence-corrected chi connectivity index (χ3v) is 5.35. The van der Waals surface area contributed by atoms with Gasteiger partial charge in [-0.3, -0.25) is 14.8 Å². The van der Waals surface area contributed by atoms with Crippen LogP contribution >= 0.6 is 0 Å². The van der Waals surface area contributed by atoms with Gasteiger partial charge in [0.2, 0.25) is 5.89 Å². The zero-order valence-corrected chi connectivity index (χ0v) is 16.5. The zero-order valence-electron chi connectivity index (χ0n) is 16.5. The van der Waals surface area contributed by atoms with Gasteiger partial charge in [-0.1, -0.05) is 18.2 Å². The Balaban J connectivity index is 1.48. The van der Waals surface area contributed by atoms with Gasteiger partial charge in [-0.05, 0) is 38.3 Å². The summed E-state index contributed by atoms with van der Waals surface area (Å²) in [6.07, 6.45) is 7.67. The molecule has 1 fully saturated rings. The van der Waals surface area contributed by atoms with Crippen molar-refractivity contribution in [2.24, 2.45) is 0 Å². The topological polar surface area (TPSA) is 97.9 Å². The summed E-state index contributed by atoms with van der Waals surface area (Å²) < 4.78 is 5.92. The van der Waals surface area contributed by atoms with Gasteiger partial charge in [0.1, 0.15) is 11.7 Å². The molecule has 0 saturated carbocycles. The van der Waals surface area contributed by atoms with Crippen LogP contribution in [0.15, 0.2) is 53.3 Å². The van der Waals surface area contributed by atoms with E-state index < -0.39 is 0 Å². The summed E-state index contributed by atoms with van der Waals surface area (Å²) in [5.41, 5.74) is 2.62. The Morgan fingerprint density at radius 3 is 2.83 bits per heavy atom. The first-order valence-corrected chi connectivity index (χ1v) is 9.98. The molecule has 5 rings (SSSR count). The predicted octanol–water partition coefficient (Wildman–Crippen LogP) is 3.75. The van der Waals surface area contributed by atoms with Crippen LogP contribution in [0, 0.1) is 6.92 Å². The van der Waals surface area contributed by atoms with Crippen LogP contribution in [0.2, 0.25) is 0 Å². The molecule has 0 unspecified atom stereocenters. The minimum atomic E-state index is -0.273. The number of aromatic nitrogens is 5. The molecule has 0 spiro atoms. The molecule has 1 aliphatic heterocycles. The van der Waals surface area contributed by atoms with Crippen molar-refractivity contribution >= 4 is 16.8 Å². The highest BCUT2D eigenvalue weighted by molar-refractivity contribution is 6.05. The Labute approximate surface area is 173 Å². The second kappa shape index (κ2) is 7.62. The van der Waals surface area contributed by atoms with Crippen LogP contribution in [0.3, 0.4) is 0 Å². The fourth-order valence-electron chi connectivity index (χ4n) is 3.84. The fourth-order valence-corrected chi connectivity index (χ4v) is 3.84. The van der Waals surface area contributed by atoms with Gasteiger partial charge < -0.3 is 9.32 Å². The molecular formula is C22H20N6O2. The molecule has 150 valence electrons. The van der Waals surface area contributed by atoms with Crippen LogP contribution in [-0.4, -0.2) is 42.5 Å². The molecule has 3 aromatic heterocycles. The molecule has 30 heavy (non-hydrogen) atoms. The maximum Gasteiger partial charge on any atom is 0.267 e. The Kier molecular flexibility index (Phi) is 4.66. The maximum atomic E-state index is 13.5. The minimum Gasteiger partial charge on any atom is -0.417 e. The van der Waals surface area contributed by atoms with Crippen LogP contribution in [0.1, 0.15) is 47.2 Å². The number of carbonyl (C=O) groups is 1. The van der Waals surface area contributed by atoms with Crippen molar-refractivity contribution in [3.63, 3.8) is 0 Å². The van der Waals surface area contributed by atoms with Crippen molar-refractivity contribution in [1.82, 2.24) is 30.0 Å². The number of likely N-dealkylation sites (tertiary alicyclic amines) is 1. The predicted molar refractivity (Wildman–Crippen MR) is 109 cm³/mol. The highest BCUT2D eigenvalue weighted by Gasteiger charge is 2.33. The number of hydrogen-bond acceptors (Lipinski definition) is 7. The maximum absolute atomic E-state index is 13.5. The van der Waals surface area contributed by atoms with E-state index in [9.17, 15) is 4.79 Å². The van der Waals surface area contributed by atoms with E-state index in [0.29, 0.717) is 35.1 Å². The van der Waals surface area contributed by atoms with Crippen molar-refractivity contribution in [2.45, 2.75) is 32.2 Å². The molecule has 1 aromatic carbocycles. The molecule has 8 nitrogen and oxygen atoms in total. The van der Waals surface area contributed by atoms with Crippen LogP contribution in [-0.2, 0) is 0 Å². The summed E-state index contributed by atoms with van der Waals surface area (Å²) in [6, 6.07) is 9.22. The van der Waals surface area contributed by atoms with Gasteiger partial charge in [0, 0.05) is 24.3 Å². The van der Waals surface area contributed by atoms with Gasteiger partial charge in [-0.15, -0.1) is 10.2 Å². The van der Waals surface area contributed by atoms with Crippen molar-refractivity contribution in [2.75, 3.05) is 6.54 Å². The van der Waals surface area contributed by atoms with Gasteiger partial charge in [0.15, 0.2) is 0 Å². The summed E-state index contributed by atoms with van der Waals surface area (Å²) in [5, 5.41) is 9.31. The molecule has 4 heterocycles. The van der Waals surface area contributed by atoms with Crippen LogP contribution < -0.4 is 0 Å². The zero-order chi connectivity index (χ0) is 20.5. The van der Waals surface area contributed by atoms with E-state index in [1.807, 2.05) is 42.2 Å². The Hall–Kier alpha value is -3.68. The quantitative estimate of drug-likeness (QED) is 0.516. The number of rotatable bonds is 3. The van der Waals surface area contributed by atoms with Gasteiger partial charge in [-0.2, -0.15) is 0 Å². The lowest BCUT2D eigenvalue weighted by molar-refractivity contribution is 0.0574. The molecule has 0 aliphatic carbocycles. The standard InChI is InChI=1S/C22H20N6O2/c1-14-12-25-17(13-24-14)20-26-27-21(30-20)18-9-2-3-11-28(18)22(29)16-8-4-6-15-7-5-10-23-19(15)16/h4-8,10,12-13,18H,2-3,9,11H2,1H3/t18-/m1/s1. The molecule has 1 saturated heterocycles. The number of amides is 1. The SMILES string of the molecule is Cc1cnc(-c2nnc([C@H]3CCCCN3C(=O)c3cccc4cccnc34)o2)cn1. The van der Waals surface area contributed by atoms with Crippen molar-refractivity contribution < 1.29 is 9.21 Å². The number of para-hydroxylation sites is 1.